The van der Waals surface area contributed by atoms with Crippen molar-refractivity contribution in [1.29, 1.82) is 0 Å². The number of fused-ring (bicyclic) bond motifs is 1. The Kier molecular flexibility index (Phi) is 3.74. The molecule has 0 unspecified atom stereocenters. The van der Waals surface area contributed by atoms with Gasteiger partial charge >= 0.3 is 0 Å². The Bertz CT molecular complexity index is 490. The molecule has 3 N–H and O–H groups in total. The van der Waals surface area contributed by atoms with Crippen molar-refractivity contribution < 1.29 is 4.79 Å². The van der Waals surface area contributed by atoms with Gasteiger partial charge in [-0.05, 0) is 61.3 Å². The van der Waals surface area contributed by atoms with Gasteiger partial charge in [-0.25, -0.2) is 0 Å². The van der Waals surface area contributed by atoms with Gasteiger partial charge in [0.15, 0.2) is 0 Å². The smallest absolute Gasteiger partial charge is 0.251 e. The lowest BCUT2D eigenvalue weighted by Crippen LogP contribution is -2.38. The zero-order valence-corrected chi connectivity index (χ0v) is 12.4. The summed E-state index contributed by atoms with van der Waals surface area (Å²) in [4.78, 5) is 12.3. The summed E-state index contributed by atoms with van der Waals surface area (Å²) in [7, 11) is 0. The van der Waals surface area contributed by atoms with E-state index in [1.54, 1.807) is 24.3 Å². The van der Waals surface area contributed by atoms with Gasteiger partial charge in [0, 0.05) is 22.7 Å². The van der Waals surface area contributed by atoms with E-state index in [2.05, 4.69) is 12.2 Å². The van der Waals surface area contributed by atoms with Crippen molar-refractivity contribution in [2.24, 2.45) is 23.5 Å². The minimum Gasteiger partial charge on any atom is -0.349 e. The van der Waals surface area contributed by atoms with Gasteiger partial charge in [0.25, 0.3) is 5.91 Å². The van der Waals surface area contributed by atoms with Crippen LogP contribution in [0.4, 0.5) is 0 Å². The van der Waals surface area contributed by atoms with E-state index in [0.717, 1.165) is 31.1 Å². The highest BCUT2D eigenvalue weighted by Gasteiger charge is 2.57. The summed E-state index contributed by atoms with van der Waals surface area (Å²) >= 11 is 5.84. The number of hydrogen-bond acceptors (Lipinski definition) is 2. The van der Waals surface area contributed by atoms with Crippen molar-refractivity contribution in [2.75, 3.05) is 0 Å². The Morgan fingerprint density at radius 1 is 1.35 bits per heavy atom. The standard InChI is InChI=1S/C16H21ClN2O/c1-2-14(15-12-7-11(18)8-13(12)15)19-16(20)9-3-5-10(17)6-4-9/h3-6,11-15H,2,7-8,18H2,1H3,(H,19,20)/t11-,12-,13+,14-,15+/m1/s1. The van der Waals surface area contributed by atoms with Gasteiger partial charge in [0.05, 0.1) is 0 Å². The molecule has 1 aromatic rings. The molecule has 3 rings (SSSR count). The Morgan fingerprint density at radius 3 is 2.50 bits per heavy atom. The minimum atomic E-state index is 0.00258. The number of carbonyl (C=O) groups is 1. The number of carbonyl (C=O) groups excluding carboxylic acids is 1. The van der Waals surface area contributed by atoms with Crippen LogP contribution in [0.15, 0.2) is 24.3 Å². The summed E-state index contributed by atoms with van der Waals surface area (Å²) in [5, 5.41) is 3.84. The Morgan fingerprint density at radius 2 is 1.95 bits per heavy atom. The number of benzene rings is 1. The van der Waals surface area contributed by atoms with Gasteiger partial charge in [-0.15, -0.1) is 0 Å². The van der Waals surface area contributed by atoms with Crippen molar-refractivity contribution in [3.05, 3.63) is 34.9 Å². The first kappa shape index (κ1) is 13.9. The maximum Gasteiger partial charge on any atom is 0.251 e. The van der Waals surface area contributed by atoms with Crippen LogP contribution in [0.2, 0.25) is 5.02 Å². The number of hydrogen-bond donors (Lipinski definition) is 2. The molecule has 108 valence electrons. The zero-order chi connectivity index (χ0) is 14.3. The third-order valence-electron chi connectivity index (χ3n) is 4.88. The molecule has 0 aromatic heterocycles. The quantitative estimate of drug-likeness (QED) is 0.896. The molecule has 1 aromatic carbocycles. The zero-order valence-electron chi connectivity index (χ0n) is 11.7. The first-order valence-corrected chi connectivity index (χ1v) is 7.80. The second kappa shape index (κ2) is 5.38. The van der Waals surface area contributed by atoms with Gasteiger partial charge in [-0.3, -0.25) is 4.79 Å². The lowest BCUT2D eigenvalue weighted by atomic mass is 9.99. The molecule has 20 heavy (non-hydrogen) atoms. The van der Waals surface area contributed by atoms with Crippen LogP contribution in [-0.2, 0) is 0 Å². The highest BCUT2D eigenvalue weighted by molar-refractivity contribution is 6.30. The van der Waals surface area contributed by atoms with Crippen molar-refractivity contribution in [3.63, 3.8) is 0 Å². The van der Waals surface area contributed by atoms with Gasteiger partial charge in [0.2, 0.25) is 0 Å². The first-order valence-electron chi connectivity index (χ1n) is 7.42. The third-order valence-corrected chi connectivity index (χ3v) is 5.13. The number of amides is 1. The van der Waals surface area contributed by atoms with Crippen molar-refractivity contribution in [1.82, 2.24) is 5.32 Å². The van der Waals surface area contributed by atoms with E-state index < -0.39 is 0 Å². The fourth-order valence-electron chi connectivity index (χ4n) is 3.85. The third kappa shape index (κ3) is 2.57. The van der Waals surface area contributed by atoms with Crippen molar-refractivity contribution in [3.8, 4) is 0 Å². The van der Waals surface area contributed by atoms with Crippen LogP contribution >= 0.6 is 11.6 Å². The van der Waals surface area contributed by atoms with Crippen LogP contribution in [0.5, 0.6) is 0 Å². The van der Waals surface area contributed by atoms with Crippen LogP contribution in [0.1, 0.15) is 36.5 Å². The molecule has 0 bridgehead atoms. The van der Waals surface area contributed by atoms with E-state index in [-0.39, 0.29) is 11.9 Å². The summed E-state index contributed by atoms with van der Waals surface area (Å²) in [6.45, 7) is 2.14. The first-order chi connectivity index (χ1) is 9.60. The SMILES string of the molecule is CC[C@@H](NC(=O)c1ccc(Cl)cc1)[C@H]1[C@@H]2C[C@@H](N)C[C@@H]21. The lowest BCUT2D eigenvalue weighted by Gasteiger charge is -2.20. The largest absolute Gasteiger partial charge is 0.349 e. The summed E-state index contributed by atoms with van der Waals surface area (Å²) in [5.74, 6) is 2.11. The molecular weight excluding hydrogens is 272 g/mol. The van der Waals surface area contributed by atoms with E-state index in [1.165, 1.54) is 0 Å². The molecule has 2 saturated carbocycles. The van der Waals surface area contributed by atoms with Gasteiger partial charge in [-0.2, -0.15) is 0 Å². The molecule has 2 fully saturated rings. The molecule has 3 nitrogen and oxygen atoms in total. The molecule has 0 spiro atoms. The predicted octanol–water partition coefficient (Wildman–Crippen LogP) is 2.83. The van der Waals surface area contributed by atoms with Gasteiger partial charge < -0.3 is 11.1 Å². The molecule has 2 aliphatic carbocycles. The molecule has 0 radical (unpaired) electrons. The van der Waals surface area contributed by atoms with E-state index in [9.17, 15) is 4.79 Å². The van der Waals surface area contributed by atoms with Crippen LogP contribution < -0.4 is 11.1 Å². The normalized spacial score (nSPS) is 32.5. The van der Waals surface area contributed by atoms with Crippen LogP contribution in [0, 0.1) is 17.8 Å². The topological polar surface area (TPSA) is 55.1 Å². The minimum absolute atomic E-state index is 0.00258. The number of halogens is 1. The fourth-order valence-corrected chi connectivity index (χ4v) is 3.98. The summed E-state index contributed by atoms with van der Waals surface area (Å²) in [6.07, 6.45) is 3.23. The lowest BCUT2D eigenvalue weighted by molar-refractivity contribution is 0.0927. The molecule has 5 atom stereocenters. The number of rotatable bonds is 4. The van der Waals surface area contributed by atoms with E-state index in [1.807, 2.05) is 0 Å². The average Bonchev–Trinajstić information content (AvgIpc) is 2.92. The van der Waals surface area contributed by atoms with Crippen molar-refractivity contribution >= 4 is 17.5 Å². The Hall–Kier alpha value is -1.06. The van der Waals surface area contributed by atoms with E-state index >= 15 is 0 Å². The summed E-state index contributed by atoms with van der Waals surface area (Å²) < 4.78 is 0. The molecule has 0 aliphatic heterocycles. The second-order valence-corrected chi connectivity index (χ2v) is 6.57. The summed E-state index contributed by atoms with van der Waals surface area (Å²) in [6, 6.07) is 7.71. The van der Waals surface area contributed by atoms with Crippen LogP contribution in [-0.4, -0.2) is 18.0 Å². The highest BCUT2D eigenvalue weighted by Crippen LogP contribution is 2.58. The van der Waals surface area contributed by atoms with Crippen molar-refractivity contribution in [2.45, 2.75) is 38.3 Å². The van der Waals surface area contributed by atoms with Gasteiger partial charge in [-0.1, -0.05) is 18.5 Å². The molecule has 0 heterocycles. The molecule has 2 aliphatic rings. The number of nitrogens with two attached hydrogens (primary N) is 1. The maximum absolute atomic E-state index is 12.3. The predicted molar refractivity (Wildman–Crippen MR) is 80.7 cm³/mol. The second-order valence-electron chi connectivity index (χ2n) is 6.13. The number of nitrogens with one attached hydrogen (secondary N) is 1. The highest BCUT2D eigenvalue weighted by atomic mass is 35.5. The van der Waals surface area contributed by atoms with E-state index in [4.69, 9.17) is 17.3 Å². The maximum atomic E-state index is 12.3. The Labute approximate surface area is 124 Å². The monoisotopic (exact) mass is 292 g/mol. The Balaban J connectivity index is 1.61. The van der Waals surface area contributed by atoms with Gasteiger partial charge in [0.1, 0.15) is 0 Å². The van der Waals surface area contributed by atoms with E-state index in [0.29, 0.717) is 22.5 Å². The fraction of sp³-hybridized carbons (Fsp3) is 0.562. The van der Waals surface area contributed by atoms with Crippen LogP contribution in [0.25, 0.3) is 0 Å². The molecule has 1 amide bonds. The van der Waals surface area contributed by atoms with Crippen LogP contribution in [0.3, 0.4) is 0 Å². The molecule has 4 heteroatoms. The molecular formula is C16H21ClN2O. The average molecular weight is 293 g/mol. The molecule has 0 saturated heterocycles. The summed E-state index contributed by atoms with van der Waals surface area (Å²) in [5.41, 5.74) is 6.64.